The van der Waals surface area contributed by atoms with E-state index in [2.05, 4.69) is 15.6 Å². The molecule has 1 heterocycles. The molecule has 0 bridgehead atoms. The lowest BCUT2D eigenvalue weighted by Gasteiger charge is -2.37. The van der Waals surface area contributed by atoms with Gasteiger partial charge in [-0.15, -0.1) is 24.8 Å². The fourth-order valence-electron chi connectivity index (χ4n) is 3.51. The second-order valence-electron chi connectivity index (χ2n) is 7.41. The molecule has 3 rings (SSSR count). The summed E-state index contributed by atoms with van der Waals surface area (Å²) < 4.78 is 0. The van der Waals surface area contributed by atoms with Gasteiger partial charge in [0.05, 0.1) is 5.92 Å². The zero-order valence-electron chi connectivity index (χ0n) is 16.4. The van der Waals surface area contributed by atoms with Crippen molar-refractivity contribution < 1.29 is 9.59 Å². The van der Waals surface area contributed by atoms with Gasteiger partial charge in [0.25, 0.3) is 5.91 Å². The molecule has 4 N–H and O–H groups in total. The first-order valence-electron chi connectivity index (χ1n) is 9.32. The molecule has 1 aromatic carbocycles. The summed E-state index contributed by atoms with van der Waals surface area (Å²) in [4.78, 5) is 28.7. The number of pyridine rings is 1. The first-order chi connectivity index (χ1) is 13.0. The lowest BCUT2D eigenvalue weighted by atomic mass is 9.74. The Bertz CT molecular complexity index is 798. The zero-order valence-corrected chi connectivity index (χ0v) is 18.0. The normalized spacial score (nSPS) is 20.6. The number of carbonyl (C=O) groups is 2. The van der Waals surface area contributed by atoms with E-state index in [1.54, 1.807) is 36.7 Å². The molecular weight excluding hydrogens is 411 g/mol. The van der Waals surface area contributed by atoms with Gasteiger partial charge in [-0.1, -0.05) is 25.0 Å². The van der Waals surface area contributed by atoms with Crippen molar-refractivity contribution in [2.24, 2.45) is 11.7 Å². The van der Waals surface area contributed by atoms with Gasteiger partial charge in [-0.05, 0) is 49.6 Å². The van der Waals surface area contributed by atoms with Crippen molar-refractivity contribution in [3.05, 3.63) is 59.9 Å². The van der Waals surface area contributed by atoms with E-state index in [0.29, 0.717) is 17.8 Å². The summed E-state index contributed by atoms with van der Waals surface area (Å²) in [6, 6.07) is 10.7. The van der Waals surface area contributed by atoms with Crippen LogP contribution in [0.3, 0.4) is 0 Å². The second kappa shape index (κ2) is 11.1. The summed E-state index contributed by atoms with van der Waals surface area (Å²) in [7, 11) is 0. The number of nitrogens with zero attached hydrogens (tertiary/aromatic N) is 1. The molecule has 0 saturated heterocycles. The predicted octanol–water partition coefficient (Wildman–Crippen LogP) is 3.70. The third-order valence-corrected chi connectivity index (χ3v) is 5.19. The third kappa shape index (κ3) is 6.70. The van der Waals surface area contributed by atoms with E-state index in [1.165, 1.54) is 0 Å². The van der Waals surface area contributed by atoms with Gasteiger partial charge in [-0.2, -0.15) is 0 Å². The van der Waals surface area contributed by atoms with E-state index in [9.17, 15) is 9.59 Å². The minimum Gasteiger partial charge on any atom is -0.352 e. The van der Waals surface area contributed by atoms with Crippen molar-refractivity contribution in [3.63, 3.8) is 0 Å². The minimum atomic E-state index is -0.433. The van der Waals surface area contributed by atoms with Crippen LogP contribution in [0.25, 0.3) is 0 Å². The summed E-state index contributed by atoms with van der Waals surface area (Å²) >= 11 is 0. The van der Waals surface area contributed by atoms with Gasteiger partial charge in [-0.25, -0.2) is 0 Å². The molecule has 1 fully saturated rings. The third-order valence-electron chi connectivity index (χ3n) is 5.19. The maximum atomic E-state index is 12.5. The molecule has 2 aromatic rings. The number of nitrogens with one attached hydrogen (secondary N) is 2. The predicted molar refractivity (Wildman–Crippen MR) is 120 cm³/mol. The molecule has 158 valence electrons. The lowest BCUT2D eigenvalue weighted by Crippen LogP contribution is -2.52. The monoisotopic (exact) mass is 438 g/mol. The van der Waals surface area contributed by atoms with Crippen LogP contribution in [0.1, 0.15) is 48.5 Å². The Hall–Kier alpha value is -2.15. The Morgan fingerprint density at radius 1 is 1.10 bits per heavy atom. The molecule has 0 aliphatic heterocycles. The van der Waals surface area contributed by atoms with Crippen LogP contribution in [0.5, 0.6) is 0 Å². The average molecular weight is 439 g/mol. The van der Waals surface area contributed by atoms with Crippen LogP contribution in [-0.4, -0.2) is 22.3 Å². The number of halogens is 2. The summed E-state index contributed by atoms with van der Waals surface area (Å²) in [6.45, 7) is 2.39. The fourth-order valence-corrected chi connectivity index (χ4v) is 3.51. The Kier molecular flexibility index (Phi) is 9.56. The minimum absolute atomic E-state index is 0. The molecule has 1 aliphatic carbocycles. The maximum Gasteiger partial charge on any atom is 0.255 e. The van der Waals surface area contributed by atoms with Crippen LogP contribution in [-0.2, 0) is 11.3 Å². The average Bonchev–Trinajstić information content (AvgIpc) is 2.67. The molecule has 2 unspecified atom stereocenters. The molecule has 29 heavy (non-hydrogen) atoms. The Balaban J connectivity index is 0.00000210. The van der Waals surface area contributed by atoms with Crippen molar-refractivity contribution in [2.75, 3.05) is 5.32 Å². The summed E-state index contributed by atoms with van der Waals surface area (Å²) in [6.07, 6.45) is 7.10. The fraction of sp³-hybridized carbons (Fsp3) is 0.381. The zero-order chi connectivity index (χ0) is 19.3. The number of hydrogen-bond donors (Lipinski definition) is 3. The molecule has 1 aromatic heterocycles. The molecule has 0 spiro atoms. The number of aromatic nitrogens is 1. The van der Waals surface area contributed by atoms with Crippen molar-refractivity contribution in [1.29, 1.82) is 0 Å². The number of benzene rings is 1. The Morgan fingerprint density at radius 2 is 1.76 bits per heavy atom. The van der Waals surface area contributed by atoms with Gasteiger partial charge in [0.15, 0.2) is 0 Å². The van der Waals surface area contributed by atoms with Gasteiger partial charge in [0.2, 0.25) is 5.91 Å². The summed E-state index contributed by atoms with van der Waals surface area (Å²) in [5.74, 6) is -0.311. The first kappa shape index (κ1) is 24.9. The van der Waals surface area contributed by atoms with Crippen LogP contribution in [0.4, 0.5) is 5.69 Å². The van der Waals surface area contributed by atoms with Gasteiger partial charge < -0.3 is 16.4 Å². The molecule has 2 amide bonds. The highest BCUT2D eigenvalue weighted by Gasteiger charge is 2.37. The van der Waals surface area contributed by atoms with E-state index >= 15 is 0 Å². The number of nitrogens with two attached hydrogens (primary N) is 1. The largest absolute Gasteiger partial charge is 0.352 e. The highest BCUT2D eigenvalue weighted by molar-refractivity contribution is 6.04. The highest BCUT2D eigenvalue weighted by atomic mass is 35.5. The quantitative estimate of drug-likeness (QED) is 0.662. The lowest BCUT2D eigenvalue weighted by molar-refractivity contribution is -0.128. The van der Waals surface area contributed by atoms with Crippen LogP contribution in [0.2, 0.25) is 0 Å². The molecule has 0 radical (unpaired) electrons. The number of carbonyl (C=O) groups excluding carboxylic acids is 2. The summed E-state index contributed by atoms with van der Waals surface area (Å²) in [5, 5.41) is 5.80. The maximum absolute atomic E-state index is 12.5. The number of rotatable bonds is 5. The van der Waals surface area contributed by atoms with Crippen LogP contribution in [0.15, 0.2) is 48.8 Å². The Labute approximate surface area is 183 Å². The molecule has 6 nitrogen and oxygen atoms in total. The second-order valence-corrected chi connectivity index (χ2v) is 7.41. The van der Waals surface area contributed by atoms with E-state index in [4.69, 9.17) is 5.73 Å². The van der Waals surface area contributed by atoms with Crippen LogP contribution in [0, 0.1) is 5.92 Å². The molecular formula is C21H28Cl2N4O2. The van der Waals surface area contributed by atoms with Crippen molar-refractivity contribution in [3.8, 4) is 0 Å². The van der Waals surface area contributed by atoms with E-state index in [0.717, 1.165) is 31.2 Å². The van der Waals surface area contributed by atoms with Gasteiger partial charge in [-0.3, -0.25) is 14.6 Å². The molecule has 2 atom stereocenters. The smallest absolute Gasteiger partial charge is 0.255 e. The number of anilines is 1. The van der Waals surface area contributed by atoms with Gasteiger partial charge in [0, 0.05) is 35.7 Å². The van der Waals surface area contributed by atoms with Crippen molar-refractivity contribution in [1.82, 2.24) is 10.3 Å². The van der Waals surface area contributed by atoms with Crippen molar-refractivity contribution in [2.45, 2.75) is 44.7 Å². The molecule has 1 aliphatic rings. The van der Waals surface area contributed by atoms with Gasteiger partial charge in [0.1, 0.15) is 0 Å². The Morgan fingerprint density at radius 3 is 2.38 bits per heavy atom. The van der Waals surface area contributed by atoms with E-state index in [1.807, 2.05) is 19.1 Å². The number of hydrogen-bond acceptors (Lipinski definition) is 4. The van der Waals surface area contributed by atoms with Gasteiger partial charge >= 0.3 is 0 Å². The molecule has 8 heteroatoms. The van der Waals surface area contributed by atoms with Crippen LogP contribution >= 0.6 is 24.8 Å². The standard InChI is InChI=1S/C21H26N4O2.2ClH/c1-21(22)11-3-2-4-18(21)20(27)24-14-15-5-7-16(8-6-15)19(26)25-17-9-12-23-13-10-17;;/h5-10,12-13,18H,2-4,11,14,22H2,1H3,(H,24,27)(H,23,25,26);2*1H. The number of amides is 2. The van der Waals surface area contributed by atoms with Crippen molar-refractivity contribution >= 4 is 42.3 Å². The summed E-state index contributed by atoms with van der Waals surface area (Å²) in [5.41, 5.74) is 8.07. The molecule has 1 saturated carbocycles. The highest BCUT2D eigenvalue weighted by Crippen LogP contribution is 2.31. The van der Waals surface area contributed by atoms with E-state index < -0.39 is 5.54 Å². The first-order valence-corrected chi connectivity index (χ1v) is 9.32. The van der Waals surface area contributed by atoms with E-state index in [-0.39, 0.29) is 42.5 Å². The SMILES string of the molecule is CC1(N)CCCCC1C(=O)NCc1ccc(C(=O)Nc2ccncc2)cc1.Cl.Cl. The van der Waals surface area contributed by atoms with Crippen LogP contribution < -0.4 is 16.4 Å². The topological polar surface area (TPSA) is 97.1 Å².